The number of aryl methyl sites for hydroxylation is 2. The predicted molar refractivity (Wildman–Crippen MR) is 101 cm³/mol. The van der Waals surface area contributed by atoms with Crippen LogP contribution in [0.1, 0.15) is 24.5 Å². The van der Waals surface area contributed by atoms with E-state index in [1.54, 1.807) is 29.2 Å². The maximum absolute atomic E-state index is 12.8. The van der Waals surface area contributed by atoms with Crippen LogP contribution in [-0.2, 0) is 21.2 Å². The van der Waals surface area contributed by atoms with Gasteiger partial charge in [0, 0.05) is 19.2 Å². The van der Waals surface area contributed by atoms with Gasteiger partial charge in [-0.1, -0.05) is 6.07 Å². The van der Waals surface area contributed by atoms with E-state index < -0.39 is 10.0 Å². The molecule has 0 saturated carbocycles. The standard InChI is InChI=1S/C19H22N2O4S/c1-13-6-8-17(19(11-13)25-3)20-26(23,24)16-7-9-18-15(12-16)5-4-10-21(18)14(2)22/h6-9,11-12,20H,4-5,10H2,1-3H3. The van der Waals surface area contributed by atoms with Crippen LogP contribution in [0, 0.1) is 6.92 Å². The first kappa shape index (κ1) is 18.3. The van der Waals surface area contributed by atoms with Crippen LogP contribution in [0.3, 0.4) is 0 Å². The van der Waals surface area contributed by atoms with Crippen LogP contribution in [0.4, 0.5) is 11.4 Å². The van der Waals surface area contributed by atoms with Crippen molar-refractivity contribution in [2.45, 2.75) is 31.6 Å². The smallest absolute Gasteiger partial charge is 0.262 e. The highest BCUT2D eigenvalue weighted by Gasteiger charge is 2.23. The molecule has 0 aliphatic carbocycles. The maximum atomic E-state index is 12.8. The zero-order valence-corrected chi connectivity index (χ0v) is 15.9. The quantitative estimate of drug-likeness (QED) is 0.892. The van der Waals surface area contributed by atoms with Crippen LogP contribution in [0.5, 0.6) is 5.75 Å². The van der Waals surface area contributed by atoms with Gasteiger partial charge in [0.1, 0.15) is 5.75 Å². The molecule has 0 unspecified atom stereocenters. The number of hydrogen-bond acceptors (Lipinski definition) is 4. The lowest BCUT2D eigenvalue weighted by atomic mass is 10.0. The van der Waals surface area contributed by atoms with E-state index in [0.29, 0.717) is 18.0 Å². The van der Waals surface area contributed by atoms with Crippen molar-refractivity contribution in [3.8, 4) is 5.75 Å². The summed E-state index contributed by atoms with van der Waals surface area (Å²) < 4.78 is 33.5. The Labute approximate surface area is 153 Å². The van der Waals surface area contributed by atoms with Crippen LogP contribution in [0.25, 0.3) is 0 Å². The highest BCUT2D eigenvalue weighted by atomic mass is 32.2. The summed E-state index contributed by atoms with van der Waals surface area (Å²) in [6.45, 7) is 4.09. The van der Waals surface area contributed by atoms with Crippen molar-refractivity contribution in [1.29, 1.82) is 0 Å². The molecule has 6 nitrogen and oxygen atoms in total. The average molecular weight is 374 g/mol. The van der Waals surface area contributed by atoms with Gasteiger partial charge in [-0.15, -0.1) is 0 Å². The molecule has 0 radical (unpaired) electrons. The van der Waals surface area contributed by atoms with E-state index in [2.05, 4.69) is 4.72 Å². The van der Waals surface area contributed by atoms with Crippen LogP contribution in [-0.4, -0.2) is 28.0 Å². The minimum Gasteiger partial charge on any atom is -0.495 e. The molecule has 0 spiro atoms. The van der Waals surface area contributed by atoms with Gasteiger partial charge >= 0.3 is 0 Å². The Kier molecular flexibility index (Phi) is 4.91. The van der Waals surface area contributed by atoms with Crippen molar-refractivity contribution in [2.75, 3.05) is 23.3 Å². The molecule has 0 aromatic heterocycles. The molecule has 0 bridgehead atoms. The minimum atomic E-state index is -3.76. The number of nitrogens with zero attached hydrogens (tertiary/aromatic N) is 1. The topological polar surface area (TPSA) is 75.7 Å². The van der Waals surface area contributed by atoms with Crippen LogP contribution in [0.2, 0.25) is 0 Å². The van der Waals surface area contributed by atoms with Crippen molar-refractivity contribution in [3.63, 3.8) is 0 Å². The summed E-state index contributed by atoms with van der Waals surface area (Å²) in [5, 5.41) is 0. The van der Waals surface area contributed by atoms with E-state index in [-0.39, 0.29) is 10.8 Å². The molecule has 138 valence electrons. The number of amides is 1. The second-order valence-electron chi connectivity index (χ2n) is 6.37. The van der Waals surface area contributed by atoms with Gasteiger partial charge in [0.05, 0.1) is 17.7 Å². The highest BCUT2D eigenvalue weighted by Crippen LogP contribution is 2.32. The molecule has 26 heavy (non-hydrogen) atoms. The van der Waals surface area contributed by atoms with Gasteiger partial charge in [0.15, 0.2) is 0 Å². The summed E-state index contributed by atoms with van der Waals surface area (Å²) in [5.41, 5.74) is 3.02. The van der Waals surface area contributed by atoms with Crippen molar-refractivity contribution >= 4 is 27.3 Å². The molecule has 1 aliphatic heterocycles. The molecular formula is C19H22N2O4S. The summed E-state index contributed by atoms with van der Waals surface area (Å²) in [6, 6.07) is 10.2. The summed E-state index contributed by atoms with van der Waals surface area (Å²) in [5.74, 6) is 0.429. The van der Waals surface area contributed by atoms with E-state index in [1.807, 2.05) is 13.0 Å². The second kappa shape index (κ2) is 6.99. The number of carbonyl (C=O) groups excluding carboxylic acids is 1. The van der Waals surface area contributed by atoms with Crippen molar-refractivity contribution in [2.24, 2.45) is 0 Å². The fourth-order valence-electron chi connectivity index (χ4n) is 3.15. The Morgan fingerprint density at radius 1 is 1.19 bits per heavy atom. The van der Waals surface area contributed by atoms with E-state index in [1.165, 1.54) is 20.1 Å². The fourth-order valence-corrected chi connectivity index (χ4v) is 4.27. The van der Waals surface area contributed by atoms with Gasteiger partial charge in [0.25, 0.3) is 10.0 Å². The molecule has 2 aromatic rings. The zero-order valence-electron chi connectivity index (χ0n) is 15.1. The molecule has 3 rings (SSSR count). The SMILES string of the molecule is COc1cc(C)ccc1NS(=O)(=O)c1ccc2c(c1)CCCN2C(C)=O. The lowest BCUT2D eigenvalue weighted by Gasteiger charge is -2.28. The fraction of sp³-hybridized carbons (Fsp3) is 0.316. The van der Waals surface area contributed by atoms with E-state index in [0.717, 1.165) is 29.7 Å². The number of hydrogen-bond donors (Lipinski definition) is 1. The van der Waals surface area contributed by atoms with Gasteiger partial charge < -0.3 is 9.64 Å². The number of fused-ring (bicyclic) bond motifs is 1. The van der Waals surface area contributed by atoms with Gasteiger partial charge in [-0.2, -0.15) is 0 Å². The Morgan fingerprint density at radius 3 is 2.65 bits per heavy atom. The normalized spacial score (nSPS) is 13.9. The number of nitrogens with one attached hydrogen (secondary N) is 1. The second-order valence-corrected chi connectivity index (χ2v) is 8.06. The number of carbonyl (C=O) groups is 1. The van der Waals surface area contributed by atoms with Gasteiger partial charge in [-0.3, -0.25) is 9.52 Å². The Hall–Kier alpha value is -2.54. The molecule has 2 aromatic carbocycles. The molecule has 0 atom stereocenters. The molecule has 7 heteroatoms. The molecule has 1 amide bonds. The first-order valence-corrected chi connectivity index (χ1v) is 9.88. The molecule has 0 saturated heterocycles. The lowest BCUT2D eigenvalue weighted by molar-refractivity contribution is -0.116. The third kappa shape index (κ3) is 3.53. The molecular weight excluding hydrogens is 352 g/mol. The Bertz CT molecular complexity index is 954. The summed E-state index contributed by atoms with van der Waals surface area (Å²) in [4.78, 5) is 13.6. The van der Waals surface area contributed by atoms with Crippen molar-refractivity contribution in [3.05, 3.63) is 47.5 Å². The first-order chi connectivity index (χ1) is 12.3. The highest BCUT2D eigenvalue weighted by molar-refractivity contribution is 7.92. The number of benzene rings is 2. The Morgan fingerprint density at radius 2 is 1.96 bits per heavy atom. The molecule has 0 fully saturated rings. The van der Waals surface area contributed by atoms with E-state index in [4.69, 9.17) is 4.74 Å². The van der Waals surface area contributed by atoms with Gasteiger partial charge in [-0.25, -0.2) is 8.42 Å². The monoisotopic (exact) mass is 374 g/mol. The number of ether oxygens (including phenoxy) is 1. The third-order valence-electron chi connectivity index (χ3n) is 4.46. The molecule has 1 heterocycles. The Balaban J connectivity index is 1.95. The number of sulfonamides is 1. The van der Waals surface area contributed by atoms with Gasteiger partial charge in [-0.05, 0) is 61.2 Å². The summed E-state index contributed by atoms with van der Waals surface area (Å²) in [7, 11) is -2.26. The maximum Gasteiger partial charge on any atom is 0.262 e. The average Bonchev–Trinajstić information content (AvgIpc) is 2.61. The molecule has 1 N–H and O–H groups in total. The first-order valence-electron chi connectivity index (χ1n) is 8.40. The predicted octanol–water partition coefficient (Wildman–Crippen LogP) is 3.10. The van der Waals surface area contributed by atoms with Crippen molar-refractivity contribution in [1.82, 2.24) is 0 Å². The van der Waals surface area contributed by atoms with E-state index in [9.17, 15) is 13.2 Å². The number of rotatable bonds is 4. The van der Waals surface area contributed by atoms with Crippen LogP contribution in [0.15, 0.2) is 41.3 Å². The van der Waals surface area contributed by atoms with Crippen LogP contribution >= 0.6 is 0 Å². The summed E-state index contributed by atoms with van der Waals surface area (Å²) in [6.07, 6.45) is 1.56. The van der Waals surface area contributed by atoms with Crippen LogP contribution < -0.4 is 14.4 Å². The lowest BCUT2D eigenvalue weighted by Crippen LogP contribution is -2.33. The van der Waals surface area contributed by atoms with Crippen molar-refractivity contribution < 1.29 is 17.9 Å². The largest absolute Gasteiger partial charge is 0.495 e. The van der Waals surface area contributed by atoms with Gasteiger partial charge in [0.2, 0.25) is 5.91 Å². The zero-order chi connectivity index (χ0) is 18.9. The number of methoxy groups -OCH3 is 1. The molecule has 1 aliphatic rings. The van der Waals surface area contributed by atoms with E-state index >= 15 is 0 Å². The third-order valence-corrected chi connectivity index (χ3v) is 5.82. The minimum absolute atomic E-state index is 0.0379. The number of anilines is 2. The summed E-state index contributed by atoms with van der Waals surface area (Å²) >= 11 is 0.